The van der Waals surface area contributed by atoms with Crippen LogP contribution in [0.2, 0.25) is 0 Å². The summed E-state index contributed by atoms with van der Waals surface area (Å²) in [4.78, 5) is 35.0. The van der Waals surface area contributed by atoms with Crippen LogP contribution in [0.4, 0.5) is 4.39 Å². The number of carbonyl (C=O) groups excluding carboxylic acids is 2. The maximum atomic E-state index is 15.1. The molecule has 1 heterocycles. The second-order valence-electron chi connectivity index (χ2n) is 19.1. The molecule has 2 fully saturated rings. The number of benzene rings is 3. The van der Waals surface area contributed by atoms with Crippen LogP contribution < -0.4 is 9.47 Å². The molecule has 0 spiro atoms. The number of allylic oxidation sites excluding steroid dienone is 1. The second kappa shape index (κ2) is 21.4. The van der Waals surface area contributed by atoms with E-state index < -0.39 is 23.3 Å². The van der Waals surface area contributed by atoms with Crippen molar-refractivity contribution in [2.45, 2.75) is 134 Å². The van der Waals surface area contributed by atoms with Crippen molar-refractivity contribution in [1.29, 1.82) is 0 Å². The molecule has 3 aromatic rings. The summed E-state index contributed by atoms with van der Waals surface area (Å²) in [5, 5.41) is 25.0. The molecular formula is C53H67FN2O8. The van der Waals surface area contributed by atoms with Crippen LogP contribution in [0, 0.1) is 29.5 Å². The highest BCUT2D eigenvalue weighted by atomic mass is 19.1. The molecule has 7 rings (SSSR count). The van der Waals surface area contributed by atoms with E-state index in [4.69, 9.17) is 24.2 Å². The molecule has 2 N–H and O–H groups in total. The molecule has 3 aliphatic carbocycles. The van der Waals surface area contributed by atoms with E-state index in [1.807, 2.05) is 49.9 Å². The van der Waals surface area contributed by atoms with Gasteiger partial charge in [0.15, 0.2) is 0 Å². The zero-order valence-corrected chi connectivity index (χ0v) is 37.9. The first kappa shape index (κ1) is 47.1. The van der Waals surface area contributed by atoms with Gasteiger partial charge < -0.3 is 34.2 Å². The number of oxime groups is 1. The van der Waals surface area contributed by atoms with Gasteiger partial charge in [0.2, 0.25) is 11.7 Å². The number of hydrogen-bond acceptors (Lipinski definition) is 9. The fourth-order valence-electron chi connectivity index (χ4n) is 10.6. The number of rotatable bonds is 21. The van der Waals surface area contributed by atoms with Gasteiger partial charge >= 0.3 is 0 Å². The SMILES string of the molecule is C=CCOC12Oc3ccc(Oc4cccc(C=O)c4)cc3C3C(CCCCO)C(CCCCO)C=C(C(=NOC(C)(C)C)CC1N(Cc1ccc(F)cc1)C(=O)CCC1CCCC1)C32. The monoisotopic (exact) mass is 878 g/mol. The maximum Gasteiger partial charge on any atom is 0.239 e. The van der Waals surface area contributed by atoms with Gasteiger partial charge in [-0.25, -0.2) is 4.39 Å². The molecule has 0 radical (unpaired) electrons. The smallest absolute Gasteiger partial charge is 0.239 e. The summed E-state index contributed by atoms with van der Waals surface area (Å²) in [5.74, 6) is -0.302. The molecule has 4 aliphatic rings. The molecular weight excluding hydrogens is 812 g/mol. The molecule has 3 aromatic carbocycles. The van der Waals surface area contributed by atoms with Crippen molar-refractivity contribution >= 4 is 17.9 Å². The number of ether oxygens (including phenoxy) is 3. The lowest BCUT2D eigenvalue weighted by Crippen LogP contribution is -2.70. The molecule has 6 atom stereocenters. The second-order valence-corrected chi connectivity index (χ2v) is 19.1. The Labute approximate surface area is 378 Å². The van der Waals surface area contributed by atoms with Gasteiger partial charge in [-0.05, 0) is 124 Å². The first-order valence-electron chi connectivity index (χ1n) is 23.5. The number of hydrogen-bond donors (Lipinski definition) is 2. The number of aldehydes is 1. The topological polar surface area (TPSA) is 127 Å². The lowest BCUT2D eigenvalue weighted by atomic mass is 9.55. The van der Waals surface area contributed by atoms with Crippen LogP contribution in [0.1, 0.15) is 132 Å². The lowest BCUT2D eigenvalue weighted by Gasteiger charge is -2.60. The third-order valence-electron chi connectivity index (χ3n) is 13.5. The first-order chi connectivity index (χ1) is 31.0. The minimum atomic E-state index is -1.44. The average molecular weight is 879 g/mol. The van der Waals surface area contributed by atoms with Crippen molar-refractivity contribution in [3.8, 4) is 17.2 Å². The molecule has 0 bridgehead atoms. The molecule has 1 amide bonds. The van der Waals surface area contributed by atoms with E-state index >= 15 is 4.79 Å². The molecule has 64 heavy (non-hydrogen) atoms. The average Bonchev–Trinajstić information content (AvgIpc) is 3.82. The lowest BCUT2D eigenvalue weighted by molar-refractivity contribution is -0.258. The van der Waals surface area contributed by atoms with Crippen LogP contribution >= 0.6 is 0 Å². The Morgan fingerprint density at radius 3 is 2.41 bits per heavy atom. The van der Waals surface area contributed by atoms with E-state index in [9.17, 15) is 19.4 Å². The molecule has 1 aliphatic heterocycles. The van der Waals surface area contributed by atoms with Crippen LogP contribution in [-0.4, -0.2) is 70.3 Å². The zero-order valence-electron chi connectivity index (χ0n) is 37.9. The summed E-state index contributed by atoms with van der Waals surface area (Å²) in [5.41, 5.74) is 3.24. The van der Waals surface area contributed by atoms with Gasteiger partial charge in [-0.3, -0.25) is 9.59 Å². The molecule has 11 heteroatoms. The Kier molecular flexibility index (Phi) is 15.8. The van der Waals surface area contributed by atoms with Crippen molar-refractivity contribution in [1.82, 2.24) is 4.90 Å². The van der Waals surface area contributed by atoms with Crippen LogP contribution in [0.25, 0.3) is 0 Å². The minimum absolute atomic E-state index is 0.0224. The Balaban J connectivity index is 1.45. The van der Waals surface area contributed by atoms with Crippen LogP contribution in [0.15, 0.2) is 96.2 Å². The van der Waals surface area contributed by atoms with E-state index in [1.165, 1.54) is 25.0 Å². The number of aliphatic hydroxyl groups excluding tert-OH is 2. The van der Waals surface area contributed by atoms with Crippen molar-refractivity contribution < 1.29 is 43.2 Å². The van der Waals surface area contributed by atoms with E-state index in [0.717, 1.165) is 67.9 Å². The van der Waals surface area contributed by atoms with Crippen molar-refractivity contribution in [3.63, 3.8) is 0 Å². The normalized spacial score (nSPS) is 24.6. The van der Waals surface area contributed by atoms with Gasteiger partial charge in [0.25, 0.3) is 0 Å². The van der Waals surface area contributed by atoms with Crippen molar-refractivity contribution in [2.24, 2.45) is 28.8 Å². The van der Waals surface area contributed by atoms with Gasteiger partial charge in [0.1, 0.15) is 41.0 Å². The van der Waals surface area contributed by atoms with Gasteiger partial charge in [-0.2, -0.15) is 0 Å². The molecule has 344 valence electrons. The molecule has 0 aromatic heterocycles. The predicted octanol–water partition coefficient (Wildman–Crippen LogP) is 10.9. The fraction of sp³-hybridized carbons (Fsp3) is 0.528. The third-order valence-corrected chi connectivity index (χ3v) is 13.5. The highest BCUT2D eigenvalue weighted by Gasteiger charge is 2.65. The summed E-state index contributed by atoms with van der Waals surface area (Å²) < 4.78 is 35.5. The Hall–Kier alpha value is -4.84. The number of aliphatic hydroxyl groups is 2. The van der Waals surface area contributed by atoms with Gasteiger partial charge in [-0.15, -0.1) is 6.58 Å². The van der Waals surface area contributed by atoms with E-state index in [0.29, 0.717) is 53.7 Å². The number of fused-ring (bicyclic) bond motifs is 2. The number of nitrogens with zero attached hydrogens (tertiary/aromatic N) is 2. The standard InChI is InChI=1S/C53H67FN2O8/c1-5-29-61-53-48(56(34-37-19-22-40(54)23-20-37)49(60)26-21-36-13-6-7-14-36)33-46(55-64-52(2,3)4)44-31-39(16-8-10-27-57)43(18-9-11-28-58)50(51(44)53)45-32-42(24-25-47(45)63-53)62-41-17-12-15-38(30-41)35-59/h5,12,15,17,19-20,22-25,30-32,35-36,39,43,48,50-51,57-58H,1,6-11,13-14,16,18,21,26-29,33-34H2,2-4H3. The Morgan fingerprint density at radius 2 is 1.70 bits per heavy atom. The van der Waals surface area contributed by atoms with E-state index in [2.05, 4.69) is 12.7 Å². The highest BCUT2D eigenvalue weighted by Crippen LogP contribution is 2.62. The predicted molar refractivity (Wildman–Crippen MR) is 246 cm³/mol. The largest absolute Gasteiger partial charge is 0.459 e. The zero-order chi connectivity index (χ0) is 45.3. The number of carbonyl (C=O) groups is 2. The van der Waals surface area contributed by atoms with Gasteiger partial charge in [-0.1, -0.05) is 80.1 Å². The summed E-state index contributed by atoms with van der Waals surface area (Å²) in [7, 11) is 0. The molecule has 2 saturated carbocycles. The van der Waals surface area contributed by atoms with Crippen LogP contribution in [-0.2, 0) is 20.9 Å². The number of amides is 1. The van der Waals surface area contributed by atoms with Crippen molar-refractivity contribution in [2.75, 3.05) is 19.8 Å². The highest BCUT2D eigenvalue weighted by molar-refractivity contribution is 6.03. The molecule has 0 saturated heterocycles. The van der Waals surface area contributed by atoms with Crippen molar-refractivity contribution in [3.05, 3.63) is 114 Å². The van der Waals surface area contributed by atoms with E-state index in [1.54, 1.807) is 36.4 Å². The number of unbranched alkanes of at least 4 members (excludes halogenated alkanes) is 2. The molecule has 10 nitrogen and oxygen atoms in total. The summed E-state index contributed by atoms with van der Waals surface area (Å²) in [6, 6.07) is 18.5. The van der Waals surface area contributed by atoms with Crippen LogP contribution in [0.5, 0.6) is 17.2 Å². The van der Waals surface area contributed by atoms with Gasteiger partial charge in [0, 0.05) is 49.6 Å². The Bertz CT molecular complexity index is 2120. The first-order valence-corrected chi connectivity index (χ1v) is 23.5. The summed E-state index contributed by atoms with van der Waals surface area (Å²) in [6.45, 7) is 10.5. The maximum absolute atomic E-state index is 15.1. The third kappa shape index (κ3) is 11.0. The molecule has 6 unspecified atom stereocenters. The van der Waals surface area contributed by atoms with Gasteiger partial charge in [0.05, 0.1) is 18.2 Å². The summed E-state index contributed by atoms with van der Waals surface area (Å²) in [6.07, 6.45) is 15.3. The quantitative estimate of drug-likeness (QED) is 0.0469. The fourth-order valence-corrected chi connectivity index (χ4v) is 10.6. The minimum Gasteiger partial charge on any atom is -0.459 e. The Morgan fingerprint density at radius 1 is 0.969 bits per heavy atom. The summed E-state index contributed by atoms with van der Waals surface area (Å²) >= 11 is 0. The van der Waals surface area contributed by atoms with E-state index in [-0.39, 0.29) is 62.3 Å². The number of halogens is 1. The van der Waals surface area contributed by atoms with Crippen LogP contribution in [0.3, 0.4) is 0 Å².